The molecule has 0 aliphatic carbocycles. The van der Waals surface area contributed by atoms with Crippen LogP contribution in [0.1, 0.15) is 20.9 Å². The van der Waals surface area contributed by atoms with E-state index in [0.29, 0.717) is 5.13 Å². The van der Waals surface area contributed by atoms with Gasteiger partial charge in [0.2, 0.25) is 10.0 Å². The number of hydrogen-bond donors (Lipinski definition) is 2. The van der Waals surface area contributed by atoms with E-state index in [9.17, 15) is 13.2 Å². The predicted molar refractivity (Wildman–Crippen MR) is 82.2 cm³/mol. The molecule has 112 valence electrons. The Bertz CT molecular complexity index is 762. The van der Waals surface area contributed by atoms with Gasteiger partial charge in [-0.25, -0.2) is 18.1 Å². The topological polar surface area (TPSA) is 88.2 Å². The molecule has 0 radical (unpaired) electrons. The minimum atomic E-state index is -3.57. The summed E-state index contributed by atoms with van der Waals surface area (Å²) in [6.45, 7) is 3.78. The van der Waals surface area contributed by atoms with Crippen molar-refractivity contribution in [3.8, 4) is 0 Å². The summed E-state index contributed by atoms with van der Waals surface area (Å²) >= 11 is 1.38. The molecule has 0 fully saturated rings. The van der Waals surface area contributed by atoms with Gasteiger partial charge in [0.1, 0.15) is 0 Å². The molecule has 2 aromatic rings. The van der Waals surface area contributed by atoms with Gasteiger partial charge in [-0.15, -0.1) is 11.3 Å². The van der Waals surface area contributed by atoms with Crippen molar-refractivity contribution in [2.24, 2.45) is 0 Å². The molecule has 0 unspecified atom stereocenters. The maximum Gasteiger partial charge on any atom is 0.257 e. The lowest BCUT2D eigenvalue weighted by Crippen LogP contribution is -2.19. The largest absolute Gasteiger partial charge is 0.298 e. The molecule has 2 N–H and O–H groups in total. The maximum atomic E-state index is 12.1. The van der Waals surface area contributed by atoms with Crippen LogP contribution in [0.15, 0.2) is 29.2 Å². The molecule has 0 aliphatic heterocycles. The molecule has 21 heavy (non-hydrogen) atoms. The van der Waals surface area contributed by atoms with E-state index in [2.05, 4.69) is 15.0 Å². The number of carbonyl (C=O) groups excluding carboxylic acids is 1. The molecule has 0 bridgehead atoms. The number of aryl methyl sites for hydroxylation is 2. The van der Waals surface area contributed by atoms with Crippen LogP contribution in [0.4, 0.5) is 5.13 Å². The number of thiazole rings is 1. The van der Waals surface area contributed by atoms with Crippen molar-refractivity contribution in [1.29, 1.82) is 0 Å². The minimum Gasteiger partial charge on any atom is -0.298 e. The normalized spacial score (nSPS) is 11.4. The zero-order chi connectivity index (χ0) is 15.6. The molecule has 0 spiro atoms. The lowest BCUT2D eigenvalue weighted by atomic mass is 10.2. The average molecular weight is 325 g/mol. The first-order valence-electron chi connectivity index (χ1n) is 6.12. The van der Waals surface area contributed by atoms with E-state index in [1.807, 2.05) is 13.8 Å². The van der Waals surface area contributed by atoms with Crippen LogP contribution in [0.2, 0.25) is 0 Å². The number of carbonyl (C=O) groups is 1. The summed E-state index contributed by atoms with van der Waals surface area (Å²) in [5, 5.41) is 3.17. The fraction of sp³-hybridized carbons (Fsp3) is 0.231. The quantitative estimate of drug-likeness (QED) is 0.899. The molecule has 0 aliphatic rings. The SMILES string of the molecule is CNS(=O)(=O)c1cccc(C(=O)Nc2nc(C)c(C)s2)c1. The summed E-state index contributed by atoms with van der Waals surface area (Å²) < 4.78 is 25.7. The summed E-state index contributed by atoms with van der Waals surface area (Å²) in [5.41, 5.74) is 1.12. The maximum absolute atomic E-state index is 12.1. The van der Waals surface area contributed by atoms with E-state index in [1.54, 1.807) is 6.07 Å². The van der Waals surface area contributed by atoms with Crippen LogP contribution in [0.25, 0.3) is 0 Å². The van der Waals surface area contributed by atoms with Gasteiger partial charge in [-0.05, 0) is 39.1 Å². The second-order valence-corrected chi connectivity index (χ2v) is 7.44. The highest BCUT2D eigenvalue weighted by Crippen LogP contribution is 2.22. The highest BCUT2D eigenvalue weighted by molar-refractivity contribution is 7.89. The number of nitrogens with zero attached hydrogens (tertiary/aromatic N) is 1. The molecule has 1 heterocycles. The summed E-state index contributed by atoms with van der Waals surface area (Å²) in [7, 11) is -2.25. The van der Waals surface area contributed by atoms with E-state index in [1.165, 1.54) is 36.6 Å². The van der Waals surface area contributed by atoms with Crippen molar-refractivity contribution in [2.75, 3.05) is 12.4 Å². The molecular weight excluding hydrogens is 310 g/mol. The van der Waals surface area contributed by atoms with Crippen LogP contribution in [-0.4, -0.2) is 26.4 Å². The summed E-state index contributed by atoms with van der Waals surface area (Å²) in [5.74, 6) is -0.392. The van der Waals surface area contributed by atoms with Crippen molar-refractivity contribution in [3.63, 3.8) is 0 Å². The van der Waals surface area contributed by atoms with Crippen molar-refractivity contribution in [3.05, 3.63) is 40.4 Å². The summed E-state index contributed by atoms with van der Waals surface area (Å²) in [6, 6.07) is 5.84. The Morgan fingerprint density at radius 1 is 1.29 bits per heavy atom. The average Bonchev–Trinajstić information content (AvgIpc) is 2.77. The molecule has 0 saturated carbocycles. The molecule has 1 amide bonds. The van der Waals surface area contributed by atoms with E-state index in [0.717, 1.165) is 10.6 Å². The Morgan fingerprint density at radius 2 is 2.00 bits per heavy atom. The number of amides is 1. The second kappa shape index (κ2) is 5.92. The Kier molecular flexibility index (Phi) is 4.40. The first kappa shape index (κ1) is 15.6. The van der Waals surface area contributed by atoms with E-state index >= 15 is 0 Å². The Hall–Kier alpha value is -1.77. The third-order valence-corrected chi connectivity index (χ3v) is 5.32. The van der Waals surface area contributed by atoms with E-state index in [-0.39, 0.29) is 10.5 Å². The third-order valence-electron chi connectivity index (χ3n) is 2.92. The van der Waals surface area contributed by atoms with Crippen LogP contribution in [0, 0.1) is 13.8 Å². The zero-order valence-electron chi connectivity index (χ0n) is 11.8. The van der Waals surface area contributed by atoms with Crippen molar-refractivity contribution in [1.82, 2.24) is 9.71 Å². The lowest BCUT2D eigenvalue weighted by molar-refractivity contribution is 0.102. The fourth-order valence-electron chi connectivity index (χ4n) is 1.62. The lowest BCUT2D eigenvalue weighted by Gasteiger charge is -2.05. The number of nitrogens with one attached hydrogen (secondary N) is 2. The highest BCUT2D eigenvalue weighted by Gasteiger charge is 2.15. The molecule has 0 atom stereocenters. The van der Waals surface area contributed by atoms with Gasteiger partial charge in [0.05, 0.1) is 10.6 Å². The summed E-state index contributed by atoms with van der Waals surface area (Å²) in [4.78, 5) is 17.4. The number of rotatable bonds is 4. The van der Waals surface area contributed by atoms with Gasteiger partial charge in [-0.2, -0.15) is 0 Å². The van der Waals surface area contributed by atoms with E-state index in [4.69, 9.17) is 0 Å². The van der Waals surface area contributed by atoms with Gasteiger partial charge in [0.25, 0.3) is 5.91 Å². The second-order valence-electron chi connectivity index (χ2n) is 4.35. The van der Waals surface area contributed by atoms with Crippen LogP contribution < -0.4 is 10.0 Å². The molecule has 1 aromatic heterocycles. The van der Waals surface area contributed by atoms with Crippen LogP contribution in [-0.2, 0) is 10.0 Å². The van der Waals surface area contributed by atoms with Crippen LogP contribution in [0.3, 0.4) is 0 Å². The molecule has 0 saturated heterocycles. The van der Waals surface area contributed by atoms with Gasteiger partial charge in [0, 0.05) is 10.4 Å². The Labute approximate surface area is 127 Å². The molecular formula is C13H15N3O3S2. The van der Waals surface area contributed by atoms with Gasteiger partial charge in [0.15, 0.2) is 5.13 Å². The number of hydrogen-bond acceptors (Lipinski definition) is 5. The van der Waals surface area contributed by atoms with Gasteiger partial charge < -0.3 is 0 Å². The fourth-order valence-corrected chi connectivity index (χ4v) is 3.20. The third kappa shape index (κ3) is 3.46. The Balaban J connectivity index is 2.26. The number of sulfonamides is 1. The molecule has 8 heteroatoms. The number of aromatic nitrogens is 1. The molecule has 6 nitrogen and oxygen atoms in total. The number of anilines is 1. The molecule has 1 aromatic carbocycles. The predicted octanol–water partition coefficient (Wildman–Crippen LogP) is 1.92. The first-order chi connectivity index (χ1) is 9.83. The van der Waals surface area contributed by atoms with Gasteiger partial charge in [-0.3, -0.25) is 10.1 Å². The monoisotopic (exact) mass is 325 g/mol. The van der Waals surface area contributed by atoms with Crippen molar-refractivity contribution >= 4 is 32.4 Å². The van der Waals surface area contributed by atoms with Gasteiger partial charge >= 0.3 is 0 Å². The zero-order valence-corrected chi connectivity index (χ0v) is 13.4. The standard InChI is InChI=1S/C13H15N3O3S2/c1-8-9(2)20-13(15-8)16-12(17)10-5-4-6-11(7-10)21(18,19)14-3/h4-7,14H,1-3H3,(H,15,16,17). The van der Waals surface area contributed by atoms with Gasteiger partial charge in [-0.1, -0.05) is 6.07 Å². The molecule has 2 rings (SSSR count). The van der Waals surface area contributed by atoms with Crippen LogP contribution in [0.5, 0.6) is 0 Å². The summed E-state index contributed by atoms with van der Waals surface area (Å²) in [6.07, 6.45) is 0. The minimum absolute atomic E-state index is 0.0455. The smallest absolute Gasteiger partial charge is 0.257 e. The first-order valence-corrected chi connectivity index (χ1v) is 8.42. The van der Waals surface area contributed by atoms with Crippen LogP contribution >= 0.6 is 11.3 Å². The highest BCUT2D eigenvalue weighted by atomic mass is 32.2. The van der Waals surface area contributed by atoms with Crippen molar-refractivity contribution < 1.29 is 13.2 Å². The van der Waals surface area contributed by atoms with Crippen molar-refractivity contribution in [2.45, 2.75) is 18.7 Å². The Morgan fingerprint density at radius 3 is 2.57 bits per heavy atom. The number of benzene rings is 1. The van der Waals surface area contributed by atoms with E-state index < -0.39 is 15.9 Å².